The van der Waals surface area contributed by atoms with Gasteiger partial charge in [0, 0.05) is 19.0 Å². The molecule has 0 aliphatic carbocycles. The van der Waals surface area contributed by atoms with Crippen LogP contribution in [0.2, 0.25) is 0 Å². The standard InChI is InChI=1S/C10H16N2O/c1-2-3-6-11-9-5-4-7-12-10(13)8-9/h9,11H,4-8H2,1H3,(H,12,13). The number of hydrogen-bond acceptors (Lipinski definition) is 2. The van der Waals surface area contributed by atoms with Crippen LogP contribution >= 0.6 is 0 Å². The molecule has 13 heavy (non-hydrogen) atoms. The number of carbonyl (C=O) groups excluding carboxylic acids is 1. The number of nitrogens with one attached hydrogen (secondary N) is 2. The summed E-state index contributed by atoms with van der Waals surface area (Å²) in [6.45, 7) is 3.33. The van der Waals surface area contributed by atoms with Gasteiger partial charge >= 0.3 is 0 Å². The van der Waals surface area contributed by atoms with Gasteiger partial charge in [-0.05, 0) is 19.8 Å². The van der Waals surface area contributed by atoms with Crippen LogP contribution in [0, 0.1) is 11.8 Å². The summed E-state index contributed by atoms with van der Waals surface area (Å²) < 4.78 is 0. The molecule has 3 heteroatoms. The van der Waals surface area contributed by atoms with Crippen molar-refractivity contribution in [2.75, 3.05) is 13.1 Å². The van der Waals surface area contributed by atoms with Gasteiger partial charge in [-0.25, -0.2) is 0 Å². The molecule has 72 valence electrons. The Kier molecular flexibility index (Phi) is 4.34. The maximum atomic E-state index is 11.1. The van der Waals surface area contributed by atoms with Gasteiger partial charge in [0.05, 0.1) is 6.54 Å². The van der Waals surface area contributed by atoms with Crippen LogP contribution in [0.1, 0.15) is 26.2 Å². The quantitative estimate of drug-likeness (QED) is 0.599. The SMILES string of the molecule is CC#CCNC1CCCNC(=O)C1. The van der Waals surface area contributed by atoms with Crippen LogP contribution in [0.5, 0.6) is 0 Å². The van der Waals surface area contributed by atoms with E-state index in [1.54, 1.807) is 0 Å². The summed E-state index contributed by atoms with van der Waals surface area (Å²) in [4.78, 5) is 11.1. The summed E-state index contributed by atoms with van der Waals surface area (Å²) in [5, 5.41) is 6.11. The summed E-state index contributed by atoms with van der Waals surface area (Å²) in [6.07, 6.45) is 2.71. The zero-order valence-electron chi connectivity index (χ0n) is 8.02. The van der Waals surface area contributed by atoms with Gasteiger partial charge in [0.1, 0.15) is 0 Å². The number of amides is 1. The summed E-state index contributed by atoms with van der Waals surface area (Å²) in [7, 11) is 0. The molecule has 0 bridgehead atoms. The Hall–Kier alpha value is -1.01. The molecule has 1 amide bonds. The first kappa shape index (κ1) is 10.1. The van der Waals surface area contributed by atoms with Crippen LogP contribution in [0.15, 0.2) is 0 Å². The summed E-state index contributed by atoms with van der Waals surface area (Å²) in [6, 6.07) is 0.309. The number of hydrogen-bond donors (Lipinski definition) is 2. The van der Waals surface area contributed by atoms with Crippen molar-refractivity contribution in [3.63, 3.8) is 0 Å². The zero-order valence-corrected chi connectivity index (χ0v) is 8.02. The third kappa shape index (κ3) is 3.95. The molecule has 1 rings (SSSR count). The Morgan fingerprint density at radius 3 is 3.31 bits per heavy atom. The lowest BCUT2D eigenvalue weighted by molar-refractivity contribution is -0.121. The Labute approximate surface area is 79.3 Å². The van der Waals surface area contributed by atoms with Crippen molar-refractivity contribution in [1.82, 2.24) is 10.6 Å². The van der Waals surface area contributed by atoms with Crippen molar-refractivity contribution in [1.29, 1.82) is 0 Å². The highest BCUT2D eigenvalue weighted by Gasteiger charge is 2.15. The molecule has 0 radical (unpaired) electrons. The molecule has 0 aromatic carbocycles. The summed E-state index contributed by atoms with van der Waals surface area (Å²) in [5.41, 5.74) is 0. The van der Waals surface area contributed by atoms with Crippen LogP contribution in [0.4, 0.5) is 0 Å². The lowest BCUT2D eigenvalue weighted by atomic mass is 10.1. The van der Waals surface area contributed by atoms with Gasteiger partial charge in [0.15, 0.2) is 0 Å². The molecule has 0 aromatic heterocycles. The smallest absolute Gasteiger partial charge is 0.221 e. The molecule has 2 N–H and O–H groups in total. The first-order valence-corrected chi connectivity index (χ1v) is 4.72. The maximum Gasteiger partial charge on any atom is 0.221 e. The van der Waals surface area contributed by atoms with E-state index >= 15 is 0 Å². The largest absolute Gasteiger partial charge is 0.356 e. The Morgan fingerprint density at radius 2 is 2.54 bits per heavy atom. The summed E-state index contributed by atoms with van der Waals surface area (Å²) in [5.74, 6) is 5.91. The fourth-order valence-corrected chi connectivity index (χ4v) is 1.43. The molecular formula is C10H16N2O. The average Bonchev–Trinajstić information content (AvgIpc) is 2.31. The highest BCUT2D eigenvalue weighted by atomic mass is 16.1. The van der Waals surface area contributed by atoms with E-state index in [-0.39, 0.29) is 5.91 Å². The first-order chi connectivity index (χ1) is 6.33. The minimum absolute atomic E-state index is 0.152. The van der Waals surface area contributed by atoms with Gasteiger partial charge < -0.3 is 10.6 Å². The average molecular weight is 180 g/mol. The fourth-order valence-electron chi connectivity index (χ4n) is 1.43. The van der Waals surface area contributed by atoms with Gasteiger partial charge in [-0.15, -0.1) is 5.92 Å². The monoisotopic (exact) mass is 180 g/mol. The molecule has 1 heterocycles. The molecule has 1 fully saturated rings. The van der Waals surface area contributed by atoms with Crippen LogP contribution in [0.3, 0.4) is 0 Å². The molecule has 1 aliphatic heterocycles. The molecule has 3 nitrogen and oxygen atoms in total. The minimum Gasteiger partial charge on any atom is -0.356 e. The molecule has 1 aliphatic rings. The Morgan fingerprint density at radius 1 is 1.69 bits per heavy atom. The van der Waals surface area contributed by atoms with Gasteiger partial charge in [-0.3, -0.25) is 4.79 Å². The predicted octanol–water partition coefficient (Wildman–Crippen LogP) is 0.268. The third-order valence-electron chi connectivity index (χ3n) is 2.14. The maximum absolute atomic E-state index is 11.1. The third-order valence-corrected chi connectivity index (χ3v) is 2.14. The van der Waals surface area contributed by atoms with E-state index in [4.69, 9.17) is 0 Å². The fraction of sp³-hybridized carbons (Fsp3) is 0.700. The summed E-state index contributed by atoms with van der Waals surface area (Å²) >= 11 is 0. The number of rotatable bonds is 2. The lowest BCUT2D eigenvalue weighted by Crippen LogP contribution is -2.32. The van der Waals surface area contributed by atoms with Gasteiger partial charge in [-0.2, -0.15) is 0 Å². The van der Waals surface area contributed by atoms with Crippen molar-refractivity contribution in [3.8, 4) is 11.8 Å². The van der Waals surface area contributed by atoms with E-state index in [0.29, 0.717) is 19.0 Å². The minimum atomic E-state index is 0.152. The number of carbonyl (C=O) groups is 1. The van der Waals surface area contributed by atoms with Crippen molar-refractivity contribution < 1.29 is 4.79 Å². The first-order valence-electron chi connectivity index (χ1n) is 4.72. The van der Waals surface area contributed by atoms with Crippen LogP contribution < -0.4 is 10.6 Å². The van der Waals surface area contributed by atoms with E-state index in [0.717, 1.165) is 19.4 Å². The molecule has 0 spiro atoms. The van der Waals surface area contributed by atoms with E-state index < -0.39 is 0 Å². The Bertz CT molecular complexity index is 227. The topological polar surface area (TPSA) is 41.1 Å². The molecule has 1 atom stereocenters. The van der Waals surface area contributed by atoms with Gasteiger partial charge in [0.25, 0.3) is 0 Å². The molecule has 0 saturated carbocycles. The van der Waals surface area contributed by atoms with Crippen molar-refractivity contribution in [2.24, 2.45) is 0 Å². The predicted molar refractivity (Wildman–Crippen MR) is 52.1 cm³/mol. The van der Waals surface area contributed by atoms with Crippen molar-refractivity contribution in [2.45, 2.75) is 32.2 Å². The van der Waals surface area contributed by atoms with Crippen LogP contribution in [-0.2, 0) is 4.79 Å². The van der Waals surface area contributed by atoms with Crippen molar-refractivity contribution >= 4 is 5.91 Å². The van der Waals surface area contributed by atoms with E-state index in [9.17, 15) is 4.79 Å². The molecule has 0 aromatic rings. The van der Waals surface area contributed by atoms with E-state index in [2.05, 4.69) is 22.5 Å². The highest BCUT2D eigenvalue weighted by molar-refractivity contribution is 5.76. The van der Waals surface area contributed by atoms with Crippen LogP contribution in [-0.4, -0.2) is 25.0 Å². The second-order valence-electron chi connectivity index (χ2n) is 3.20. The van der Waals surface area contributed by atoms with E-state index in [1.165, 1.54) is 0 Å². The second-order valence-corrected chi connectivity index (χ2v) is 3.20. The normalized spacial score (nSPS) is 22.5. The van der Waals surface area contributed by atoms with Crippen molar-refractivity contribution in [3.05, 3.63) is 0 Å². The molecule has 1 saturated heterocycles. The zero-order chi connectivity index (χ0) is 9.52. The van der Waals surface area contributed by atoms with E-state index in [1.807, 2.05) is 6.92 Å². The Balaban J connectivity index is 2.29. The van der Waals surface area contributed by atoms with Crippen LogP contribution in [0.25, 0.3) is 0 Å². The molecule has 1 unspecified atom stereocenters. The highest BCUT2D eigenvalue weighted by Crippen LogP contribution is 2.04. The van der Waals surface area contributed by atoms with Gasteiger partial charge in [-0.1, -0.05) is 5.92 Å². The lowest BCUT2D eigenvalue weighted by Gasteiger charge is -2.12. The second kappa shape index (κ2) is 5.60. The molecular weight excluding hydrogens is 164 g/mol. The van der Waals surface area contributed by atoms with Gasteiger partial charge in [0.2, 0.25) is 5.91 Å².